The predicted octanol–water partition coefficient (Wildman–Crippen LogP) is -2.35. The molecule has 6 N–H and O–H groups in total. The fourth-order valence-electron chi connectivity index (χ4n) is 4.45. The quantitative estimate of drug-likeness (QED) is 0.238. The molecule has 13 heteroatoms. The first-order valence-corrected chi connectivity index (χ1v) is 11.0. The number of fused-ring (bicyclic) bond motifs is 3. The van der Waals surface area contributed by atoms with Gasteiger partial charge in [0.25, 0.3) is 0 Å². The van der Waals surface area contributed by atoms with Crippen molar-refractivity contribution in [3.63, 3.8) is 0 Å². The van der Waals surface area contributed by atoms with Crippen LogP contribution in [0.4, 0.5) is 0 Å². The first-order chi connectivity index (χ1) is 14.9. The van der Waals surface area contributed by atoms with E-state index in [1.165, 1.54) is 0 Å². The minimum Gasteiger partial charge on any atom is -0.394 e. The van der Waals surface area contributed by atoms with Gasteiger partial charge in [0.05, 0.1) is 6.61 Å². The van der Waals surface area contributed by atoms with Crippen molar-refractivity contribution in [3.05, 3.63) is 0 Å². The smallest absolute Gasteiger partial charge is 0.190 e. The van der Waals surface area contributed by atoms with Gasteiger partial charge in [-0.15, -0.1) is 0 Å². The zero-order valence-electron chi connectivity index (χ0n) is 18.3. The van der Waals surface area contributed by atoms with Crippen LogP contribution in [0.2, 0.25) is 0 Å². The van der Waals surface area contributed by atoms with Crippen LogP contribution in [0.5, 0.6) is 0 Å². The van der Waals surface area contributed by atoms with Crippen molar-refractivity contribution in [1.29, 1.82) is 0 Å². The molecule has 4 heterocycles. The molecule has 4 saturated heterocycles. The second kappa shape index (κ2) is 8.82. The summed E-state index contributed by atoms with van der Waals surface area (Å²) in [5.74, 6) is -1.64. The molecule has 4 aliphatic heterocycles. The third kappa shape index (κ3) is 4.74. The zero-order valence-corrected chi connectivity index (χ0v) is 19.2. The standard InChI is InChI=1S/C19H32N2O10S/c1-18(2)28-12-7(27-16-14(13(12)29-18)30-19(3,4)31-16)5-20-17(32)21-15-11(25)10(24)9(23)8(6-22)26-15/h7-16,22-25H,5-6H2,1-4H3,(H2,20,21,32)/t7-,8-,9-,10+,11-,12+,13+,14-,15-,16-/m1/s1. The van der Waals surface area contributed by atoms with E-state index in [1.807, 2.05) is 13.8 Å². The molecule has 0 aliphatic carbocycles. The van der Waals surface area contributed by atoms with E-state index in [2.05, 4.69) is 10.6 Å². The van der Waals surface area contributed by atoms with E-state index in [9.17, 15) is 20.4 Å². The van der Waals surface area contributed by atoms with Gasteiger partial charge < -0.3 is 59.5 Å². The first-order valence-electron chi connectivity index (χ1n) is 10.6. The fraction of sp³-hybridized carbons (Fsp3) is 0.947. The summed E-state index contributed by atoms with van der Waals surface area (Å²) in [6, 6.07) is 0. The van der Waals surface area contributed by atoms with Gasteiger partial charge in [-0.1, -0.05) is 0 Å². The lowest BCUT2D eigenvalue weighted by Crippen LogP contribution is -2.64. The summed E-state index contributed by atoms with van der Waals surface area (Å²) in [5.41, 5.74) is 0. The van der Waals surface area contributed by atoms with Gasteiger partial charge in [0.15, 0.2) is 29.2 Å². The van der Waals surface area contributed by atoms with Gasteiger partial charge in [-0.2, -0.15) is 0 Å². The lowest BCUT2D eigenvalue weighted by molar-refractivity contribution is -0.233. The van der Waals surface area contributed by atoms with Crippen LogP contribution in [0.25, 0.3) is 0 Å². The molecule has 4 rings (SSSR count). The van der Waals surface area contributed by atoms with E-state index < -0.39 is 79.5 Å². The highest BCUT2D eigenvalue weighted by Crippen LogP contribution is 2.43. The number of hydrogen-bond donors (Lipinski definition) is 6. The summed E-state index contributed by atoms with van der Waals surface area (Å²) in [4.78, 5) is 0. The molecular formula is C19H32N2O10S. The average molecular weight is 481 g/mol. The van der Waals surface area contributed by atoms with E-state index in [4.69, 9.17) is 40.6 Å². The van der Waals surface area contributed by atoms with Gasteiger partial charge in [-0.3, -0.25) is 0 Å². The molecule has 0 bridgehead atoms. The SMILES string of the molecule is CC1(C)O[C@H]2[C@@H](O1)[C@@H](CNC(=S)N[C@@H]1O[C@H](CO)[C@@H](O)[C@H](O)[C@H]1O)O[C@@H]1OC(C)(C)O[C@@H]12. The Morgan fingerprint density at radius 1 is 0.812 bits per heavy atom. The highest BCUT2D eigenvalue weighted by atomic mass is 32.1. The van der Waals surface area contributed by atoms with Crippen LogP contribution in [0.15, 0.2) is 0 Å². The van der Waals surface area contributed by atoms with Crippen LogP contribution in [0.3, 0.4) is 0 Å². The van der Waals surface area contributed by atoms with Gasteiger partial charge >= 0.3 is 0 Å². The first kappa shape index (κ1) is 24.4. The molecule has 0 radical (unpaired) electrons. The lowest BCUT2D eigenvalue weighted by atomic mass is 9.98. The summed E-state index contributed by atoms with van der Waals surface area (Å²) >= 11 is 5.29. The number of nitrogens with one attached hydrogen (secondary N) is 2. The second-order valence-corrected chi connectivity index (χ2v) is 9.72. The van der Waals surface area contributed by atoms with Crippen molar-refractivity contribution < 1.29 is 48.8 Å². The van der Waals surface area contributed by atoms with Gasteiger partial charge in [0, 0.05) is 6.54 Å². The fourth-order valence-corrected chi connectivity index (χ4v) is 4.65. The van der Waals surface area contributed by atoms with Crippen LogP contribution in [0, 0.1) is 0 Å². The Morgan fingerprint density at radius 3 is 2.12 bits per heavy atom. The summed E-state index contributed by atoms with van der Waals surface area (Å²) in [5, 5.41) is 45.1. The van der Waals surface area contributed by atoms with Crippen molar-refractivity contribution in [2.75, 3.05) is 13.2 Å². The summed E-state index contributed by atoms with van der Waals surface area (Å²) in [6.07, 6.45) is -8.98. The lowest BCUT2D eigenvalue weighted by Gasteiger charge is -2.40. The molecular weight excluding hydrogens is 448 g/mol. The van der Waals surface area contributed by atoms with E-state index >= 15 is 0 Å². The second-order valence-electron chi connectivity index (χ2n) is 9.31. The molecule has 0 aromatic heterocycles. The summed E-state index contributed by atoms with van der Waals surface area (Å²) in [7, 11) is 0. The number of ether oxygens (including phenoxy) is 6. The molecule has 4 fully saturated rings. The molecule has 0 aromatic carbocycles. The molecule has 0 aromatic rings. The maximum atomic E-state index is 10.2. The van der Waals surface area contributed by atoms with Crippen molar-refractivity contribution in [1.82, 2.24) is 10.6 Å². The molecule has 10 atom stereocenters. The minimum absolute atomic E-state index is 0.110. The molecule has 32 heavy (non-hydrogen) atoms. The highest BCUT2D eigenvalue weighted by molar-refractivity contribution is 7.80. The van der Waals surface area contributed by atoms with Crippen LogP contribution >= 0.6 is 12.2 Å². The molecule has 0 amide bonds. The number of hydrogen-bond acceptors (Lipinski definition) is 11. The average Bonchev–Trinajstić information content (AvgIpc) is 3.20. The summed E-state index contributed by atoms with van der Waals surface area (Å²) in [6.45, 7) is 6.93. The Morgan fingerprint density at radius 2 is 1.44 bits per heavy atom. The molecule has 12 nitrogen and oxygen atoms in total. The van der Waals surface area contributed by atoms with Crippen molar-refractivity contribution in [2.24, 2.45) is 0 Å². The largest absolute Gasteiger partial charge is 0.394 e. The van der Waals surface area contributed by atoms with Gasteiger partial charge in [-0.05, 0) is 39.9 Å². The number of rotatable bonds is 4. The van der Waals surface area contributed by atoms with Gasteiger partial charge in [-0.25, -0.2) is 0 Å². The molecule has 0 spiro atoms. The minimum atomic E-state index is -1.50. The van der Waals surface area contributed by atoms with Gasteiger partial charge in [0.2, 0.25) is 0 Å². The van der Waals surface area contributed by atoms with E-state index in [1.54, 1.807) is 13.8 Å². The topological polar surface area (TPSA) is 160 Å². The Bertz CT molecular complexity index is 710. The maximum absolute atomic E-state index is 10.2. The highest BCUT2D eigenvalue weighted by Gasteiger charge is 2.60. The zero-order chi connectivity index (χ0) is 23.4. The van der Waals surface area contributed by atoms with Crippen LogP contribution in [-0.4, -0.2) is 112 Å². The van der Waals surface area contributed by atoms with Crippen molar-refractivity contribution >= 4 is 17.3 Å². The molecule has 0 unspecified atom stereocenters. The maximum Gasteiger partial charge on any atom is 0.190 e. The normalized spacial score (nSPS) is 46.9. The van der Waals surface area contributed by atoms with Gasteiger partial charge in [0.1, 0.15) is 48.8 Å². The third-order valence-corrected chi connectivity index (χ3v) is 6.14. The third-order valence-electron chi connectivity index (χ3n) is 5.88. The van der Waals surface area contributed by atoms with E-state index in [-0.39, 0.29) is 11.7 Å². The summed E-state index contributed by atoms with van der Waals surface area (Å²) < 4.78 is 35.5. The van der Waals surface area contributed by atoms with Crippen molar-refractivity contribution in [2.45, 2.75) is 101 Å². The predicted molar refractivity (Wildman–Crippen MR) is 110 cm³/mol. The van der Waals surface area contributed by atoms with Crippen LogP contribution in [0.1, 0.15) is 27.7 Å². The molecule has 0 saturated carbocycles. The number of thiocarbonyl (C=S) groups is 1. The van der Waals surface area contributed by atoms with E-state index in [0.29, 0.717) is 0 Å². The molecule has 184 valence electrons. The monoisotopic (exact) mass is 480 g/mol. The Balaban J connectivity index is 1.37. The van der Waals surface area contributed by atoms with E-state index in [0.717, 1.165) is 0 Å². The number of aliphatic hydroxyl groups is 4. The number of aliphatic hydroxyl groups excluding tert-OH is 4. The van der Waals surface area contributed by atoms with Crippen LogP contribution < -0.4 is 10.6 Å². The van der Waals surface area contributed by atoms with Crippen molar-refractivity contribution in [3.8, 4) is 0 Å². The Hall–Kier alpha value is -0.710. The van der Waals surface area contributed by atoms with Crippen LogP contribution in [-0.2, 0) is 28.4 Å². The Labute approximate surface area is 191 Å². The Kier molecular flexibility index (Phi) is 6.73. The molecule has 4 aliphatic rings.